The predicted octanol–water partition coefficient (Wildman–Crippen LogP) is 2.84. The highest BCUT2D eigenvalue weighted by Gasteiger charge is 2.18. The molecule has 2 aromatic carbocycles. The number of nitrogens with one attached hydrogen (secondary N) is 1. The Labute approximate surface area is 153 Å². The Morgan fingerprint density at radius 3 is 2.36 bits per heavy atom. The summed E-state index contributed by atoms with van der Waals surface area (Å²) in [5.41, 5.74) is 2.33. The van der Waals surface area contributed by atoms with E-state index in [1.54, 1.807) is 36.4 Å². The minimum Gasteiger partial charge on any atom is -0.351 e. The Morgan fingerprint density at radius 1 is 1.12 bits per heavy atom. The number of halogens is 1. The minimum absolute atomic E-state index is 0.166. The molecule has 0 aliphatic rings. The van der Waals surface area contributed by atoms with E-state index < -0.39 is 10.0 Å². The monoisotopic (exact) mass is 380 g/mol. The molecule has 0 atom stereocenters. The average molecular weight is 381 g/mol. The normalized spacial score (nSPS) is 11.5. The van der Waals surface area contributed by atoms with E-state index in [1.165, 1.54) is 4.31 Å². The molecular formula is C18H21ClN2O3S. The minimum atomic E-state index is -3.42. The first-order valence-electron chi connectivity index (χ1n) is 7.81. The molecule has 0 aromatic heterocycles. The zero-order valence-electron chi connectivity index (χ0n) is 14.2. The molecule has 0 bridgehead atoms. The second-order valence-electron chi connectivity index (χ2n) is 5.81. The van der Waals surface area contributed by atoms with Crippen molar-refractivity contribution in [1.29, 1.82) is 0 Å². The largest absolute Gasteiger partial charge is 0.351 e. The van der Waals surface area contributed by atoms with Crippen molar-refractivity contribution < 1.29 is 13.2 Å². The van der Waals surface area contributed by atoms with Crippen molar-refractivity contribution in [1.82, 2.24) is 9.62 Å². The van der Waals surface area contributed by atoms with Gasteiger partial charge in [0.25, 0.3) is 5.91 Å². The maximum Gasteiger partial charge on any atom is 0.251 e. The van der Waals surface area contributed by atoms with Gasteiger partial charge in [0.2, 0.25) is 10.0 Å². The number of hydrogen-bond acceptors (Lipinski definition) is 3. The summed E-state index contributed by atoms with van der Waals surface area (Å²) in [5.74, 6) is -0.230. The molecule has 0 radical (unpaired) electrons. The van der Waals surface area contributed by atoms with E-state index in [4.69, 9.17) is 11.6 Å². The molecule has 0 heterocycles. The molecule has 134 valence electrons. The summed E-state index contributed by atoms with van der Waals surface area (Å²) in [7, 11) is -3.42. The van der Waals surface area contributed by atoms with E-state index >= 15 is 0 Å². The van der Waals surface area contributed by atoms with Crippen molar-refractivity contribution in [2.75, 3.05) is 19.3 Å². The molecule has 1 amide bonds. The van der Waals surface area contributed by atoms with Gasteiger partial charge >= 0.3 is 0 Å². The molecule has 0 spiro atoms. The van der Waals surface area contributed by atoms with Gasteiger partial charge in [-0.25, -0.2) is 8.42 Å². The second-order valence-corrected chi connectivity index (χ2v) is 8.20. The zero-order valence-corrected chi connectivity index (χ0v) is 15.8. The van der Waals surface area contributed by atoms with Gasteiger partial charge in [-0.05, 0) is 30.7 Å². The molecule has 2 aromatic rings. The van der Waals surface area contributed by atoms with E-state index in [2.05, 4.69) is 5.32 Å². The number of benzene rings is 2. The fourth-order valence-electron chi connectivity index (χ4n) is 2.28. The molecule has 0 saturated heterocycles. The van der Waals surface area contributed by atoms with Gasteiger partial charge in [-0.3, -0.25) is 4.79 Å². The second kappa shape index (κ2) is 8.47. The summed E-state index contributed by atoms with van der Waals surface area (Å²) in [6, 6.07) is 14.3. The Balaban J connectivity index is 1.98. The highest BCUT2D eigenvalue weighted by atomic mass is 35.5. The predicted molar refractivity (Wildman–Crippen MR) is 100 cm³/mol. The summed E-state index contributed by atoms with van der Waals surface area (Å²) in [4.78, 5) is 12.1. The number of carbonyl (C=O) groups excluding carboxylic acids is 1. The lowest BCUT2D eigenvalue weighted by molar-refractivity contribution is 0.0951. The molecule has 2 rings (SSSR count). The molecular weight excluding hydrogens is 360 g/mol. The van der Waals surface area contributed by atoms with Crippen LogP contribution < -0.4 is 5.32 Å². The Hall–Kier alpha value is -1.89. The Kier molecular flexibility index (Phi) is 6.58. The first-order chi connectivity index (χ1) is 11.8. The maximum atomic E-state index is 12.1. The number of carbonyl (C=O) groups is 1. The molecule has 5 nitrogen and oxygen atoms in total. The molecule has 0 saturated carbocycles. The number of sulfonamides is 1. The molecule has 0 unspecified atom stereocenters. The van der Waals surface area contributed by atoms with Crippen molar-refractivity contribution in [3.63, 3.8) is 0 Å². The Bertz CT molecular complexity index is 836. The topological polar surface area (TPSA) is 66.5 Å². The van der Waals surface area contributed by atoms with E-state index in [-0.39, 0.29) is 25.5 Å². The molecule has 0 aliphatic carbocycles. The van der Waals surface area contributed by atoms with Gasteiger partial charge < -0.3 is 5.32 Å². The highest BCUT2D eigenvalue weighted by Crippen LogP contribution is 2.18. The average Bonchev–Trinajstić information content (AvgIpc) is 2.55. The van der Waals surface area contributed by atoms with E-state index in [9.17, 15) is 13.2 Å². The summed E-state index contributed by atoms with van der Waals surface area (Å²) in [6.07, 6.45) is 1.14. The van der Waals surface area contributed by atoms with Gasteiger partial charge in [-0.2, -0.15) is 4.31 Å². The molecule has 25 heavy (non-hydrogen) atoms. The number of rotatable bonds is 7. The van der Waals surface area contributed by atoms with Crippen molar-refractivity contribution in [3.8, 4) is 0 Å². The van der Waals surface area contributed by atoms with Crippen LogP contribution in [-0.4, -0.2) is 38.0 Å². The van der Waals surface area contributed by atoms with Crippen LogP contribution in [-0.2, 0) is 16.6 Å². The first-order valence-corrected chi connectivity index (χ1v) is 10.0. The van der Waals surface area contributed by atoms with Gasteiger partial charge in [-0.1, -0.05) is 47.5 Å². The fraction of sp³-hybridized carbons (Fsp3) is 0.278. The van der Waals surface area contributed by atoms with Crippen LogP contribution in [0.5, 0.6) is 0 Å². The van der Waals surface area contributed by atoms with Gasteiger partial charge in [0.1, 0.15) is 0 Å². The van der Waals surface area contributed by atoms with Crippen LogP contribution in [0.2, 0.25) is 5.02 Å². The first kappa shape index (κ1) is 19.4. The third-order valence-electron chi connectivity index (χ3n) is 3.73. The molecule has 0 fully saturated rings. The van der Waals surface area contributed by atoms with Crippen LogP contribution in [0.25, 0.3) is 0 Å². The van der Waals surface area contributed by atoms with E-state index in [0.717, 1.165) is 17.4 Å². The molecule has 7 heteroatoms. The van der Waals surface area contributed by atoms with Crippen molar-refractivity contribution >= 4 is 27.5 Å². The summed E-state index contributed by atoms with van der Waals surface area (Å²) in [6.45, 7) is 2.49. The van der Waals surface area contributed by atoms with Crippen LogP contribution in [0.15, 0.2) is 48.5 Å². The summed E-state index contributed by atoms with van der Waals surface area (Å²) in [5, 5.41) is 3.26. The van der Waals surface area contributed by atoms with Gasteiger partial charge in [0.05, 0.1) is 6.26 Å². The van der Waals surface area contributed by atoms with Crippen LogP contribution >= 0.6 is 11.6 Å². The third kappa shape index (κ3) is 5.85. The van der Waals surface area contributed by atoms with Crippen LogP contribution in [0.4, 0.5) is 0 Å². The van der Waals surface area contributed by atoms with Crippen LogP contribution in [0.1, 0.15) is 21.5 Å². The quantitative estimate of drug-likeness (QED) is 0.803. The van der Waals surface area contributed by atoms with Gasteiger partial charge in [0.15, 0.2) is 0 Å². The molecule has 0 aliphatic heterocycles. The number of hydrogen-bond donors (Lipinski definition) is 1. The number of nitrogens with zero attached hydrogens (tertiary/aromatic N) is 1. The number of amides is 1. The van der Waals surface area contributed by atoms with Gasteiger partial charge in [0, 0.05) is 30.2 Å². The molecule has 1 N–H and O–H groups in total. The van der Waals surface area contributed by atoms with Crippen molar-refractivity contribution in [2.24, 2.45) is 0 Å². The summed E-state index contributed by atoms with van der Waals surface area (Å²) < 4.78 is 25.3. The zero-order chi connectivity index (χ0) is 18.4. The number of aryl methyl sites for hydroxylation is 1. The van der Waals surface area contributed by atoms with Crippen LogP contribution in [0, 0.1) is 6.92 Å². The maximum absolute atomic E-state index is 12.1. The van der Waals surface area contributed by atoms with Gasteiger partial charge in [-0.15, -0.1) is 0 Å². The fourth-order valence-corrected chi connectivity index (χ4v) is 3.27. The lowest BCUT2D eigenvalue weighted by Crippen LogP contribution is -2.37. The highest BCUT2D eigenvalue weighted by molar-refractivity contribution is 7.88. The Morgan fingerprint density at radius 2 is 1.76 bits per heavy atom. The lowest BCUT2D eigenvalue weighted by Gasteiger charge is -2.20. The van der Waals surface area contributed by atoms with E-state index in [0.29, 0.717) is 10.6 Å². The standard InChI is InChI=1S/C18H21ClN2O3S/c1-14-7-9-15(10-8-14)18(22)20-11-12-21(25(2,23)24)13-16-5-3-4-6-17(16)19/h3-10H,11-13H2,1-2H3,(H,20,22). The van der Waals surface area contributed by atoms with Crippen molar-refractivity contribution in [3.05, 3.63) is 70.2 Å². The SMILES string of the molecule is Cc1ccc(C(=O)NCCN(Cc2ccccc2Cl)S(C)(=O)=O)cc1. The van der Waals surface area contributed by atoms with E-state index in [1.807, 2.05) is 19.1 Å². The third-order valence-corrected chi connectivity index (χ3v) is 5.35. The smallest absolute Gasteiger partial charge is 0.251 e. The van der Waals surface area contributed by atoms with Crippen LogP contribution in [0.3, 0.4) is 0 Å². The summed E-state index contributed by atoms with van der Waals surface area (Å²) >= 11 is 6.10. The lowest BCUT2D eigenvalue weighted by atomic mass is 10.1. The van der Waals surface area contributed by atoms with Crippen molar-refractivity contribution in [2.45, 2.75) is 13.5 Å².